The summed E-state index contributed by atoms with van der Waals surface area (Å²) in [6, 6.07) is 5.67. The van der Waals surface area contributed by atoms with Crippen molar-refractivity contribution in [1.29, 1.82) is 0 Å². The van der Waals surface area contributed by atoms with Crippen molar-refractivity contribution >= 4 is 16.0 Å². The van der Waals surface area contributed by atoms with E-state index in [1.54, 1.807) is 0 Å². The Kier molecular flexibility index (Phi) is 5.26. The lowest BCUT2D eigenvalue weighted by molar-refractivity contribution is 0.0600. The fourth-order valence-corrected chi connectivity index (χ4v) is 2.42. The first-order valence-corrected chi connectivity index (χ1v) is 6.87. The van der Waals surface area contributed by atoms with Gasteiger partial charge in [0.15, 0.2) is 0 Å². The van der Waals surface area contributed by atoms with E-state index in [0.717, 1.165) is 0 Å². The van der Waals surface area contributed by atoms with E-state index in [9.17, 15) is 13.2 Å². The van der Waals surface area contributed by atoms with Gasteiger partial charge in [-0.15, -0.1) is 0 Å². The van der Waals surface area contributed by atoms with Crippen LogP contribution in [0.4, 0.5) is 0 Å². The Morgan fingerprint density at radius 3 is 2.78 bits per heavy atom. The van der Waals surface area contributed by atoms with Gasteiger partial charge in [-0.25, -0.2) is 17.9 Å². The summed E-state index contributed by atoms with van der Waals surface area (Å²) in [5, 5.41) is 0. The highest BCUT2D eigenvalue weighted by Gasteiger charge is 2.15. The molecule has 3 N–H and O–H groups in total. The molecule has 0 unspecified atom stereocenters. The van der Waals surface area contributed by atoms with E-state index in [0.29, 0.717) is 13.0 Å². The maximum absolute atomic E-state index is 11.9. The lowest BCUT2D eigenvalue weighted by atomic mass is 10.2. The Morgan fingerprint density at radius 1 is 1.44 bits per heavy atom. The van der Waals surface area contributed by atoms with Crippen LogP contribution in [0.15, 0.2) is 29.2 Å². The van der Waals surface area contributed by atoms with Crippen LogP contribution in [0, 0.1) is 0 Å². The molecular weight excluding hydrogens is 256 g/mol. The van der Waals surface area contributed by atoms with Gasteiger partial charge in [0.05, 0.1) is 17.6 Å². The minimum atomic E-state index is -3.61. The fourth-order valence-electron chi connectivity index (χ4n) is 1.30. The third kappa shape index (κ3) is 3.80. The van der Waals surface area contributed by atoms with Crippen molar-refractivity contribution in [3.05, 3.63) is 29.8 Å². The van der Waals surface area contributed by atoms with Crippen LogP contribution in [0.3, 0.4) is 0 Å². The van der Waals surface area contributed by atoms with Crippen molar-refractivity contribution in [1.82, 2.24) is 4.72 Å². The van der Waals surface area contributed by atoms with Crippen LogP contribution in [-0.4, -0.2) is 34.6 Å². The SMILES string of the molecule is COC(=O)c1cccc(S(=O)(=O)NCCCN)c1. The second-order valence-corrected chi connectivity index (χ2v) is 5.33. The summed E-state index contributed by atoms with van der Waals surface area (Å²) in [5.74, 6) is -0.575. The number of benzene rings is 1. The molecule has 6 nitrogen and oxygen atoms in total. The minimum Gasteiger partial charge on any atom is -0.465 e. The smallest absolute Gasteiger partial charge is 0.337 e. The zero-order valence-corrected chi connectivity index (χ0v) is 10.9. The zero-order chi connectivity index (χ0) is 13.6. The van der Waals surface area contributed by atoms with Crippen molar-refractivity contribution < 1.29 is 17.9 Å². The monoisotopic (exact) mass is 272 g/mol. The summed E-state index contributed by atoms with van der Waals surface area (Å²) in [7, 11) is -2.37. The average molecular weight is 272 g/mol. The number of esters is 1. The second kappa shape index (κ2) is 6.48. The van der Waals surface area contributed by atoms with Gasteiger partial charge in [-0.1, -0.05) is 6.07 Å². The van der Waals surface area contributed by atoms with E-state index in [2.05, 4.69) is 9.46 Å². The molecule has 1 aromatic rings. The van der Waals surface area contributed by atoms with Gasteiger partial charge in [0, 0.05) is 6.54 Å². The first kappa shape index (κ1) is 14.6. The topological polar surface area (TPSA) is 98.5 Å². The van der Waals surface area contributed by atoms with E-state index in [1.165, 1.54) is 31.4 Å². The van der Waals surface area contributed by atoms with Crippen LogP contribution in [-0.2, 0) is 14.8 Å². The number of sulfonamides is 1. The summed E-state index contributed by atoms with van der Waals surface area (Å²) in [5.41, 5.74) is 5.48. The number of rotatable bonds is 6. The Balaban J connectivity index is 2.92. The summed E-state index contributed by atoms with van der Waals surface area (Å²) >= 11 is 0. The van der Waals surface area contributed by atoms with E-state index in [1.807, 2.05) is 0 Å². The predicted molar refractivity (Wildman–Crippen MR) is 66.6 cm³/mol. The number of nitrogens with two attached hydrogens (primary N) is 1. The van der Waals surface area contributed by atoms with Crippen molar-refractivity contribution in [3.8, 4) is 0 Å². The van der Waals surface area contributed by atoms with E-state index in [4.69, 9.17) is 5.73 Å². The molecule has 0 radical (unpaired) electrons. The first-order chi connectivity index (χ1) is 8.51. The van der Waals surface area contributed by atoms with Gasteiger partial charge in [0.25, 0.3) is 0 Å². The molecule has 0 amide bonds. The van der Waals surface area contributed by atoms with Crippen LogP contribution in [0.2, 0.25) is 0 Å². The van der Waals surface area contributed by atoms with Crippen molar-refractivity contribution in [2.75, 3.05) is 20.2 Å². The Bertz CT molecular complexity index is 514. The molecule has 1 aromatic carbocycles. The van der Waals surface area contributed by atoms with E-state index in [-0.39, 0.29) is 17.0 Å². The highest BCUT2D eigenvalue weighted by Crippen LogP contribution is 2.12. The third-order valence-corrected chi connectivity index (χ3v) is 3.70. The number of hydrogen-bond donors (Lipinski definition) is 2. The lowest BCUT2D eigenvalue weighted by Crippen LogP contribution is -2.26. The molecule has 1 rings (SSSR count). The third-order valence-electron chi connectivity index (χ3n) is 2.24. The lowest BCUT2D eigenvalue weighted by Gasteiger charge is -2.07. The van der Waals surface area contributed by atoms with Crippen LogP contribution >= 0.6 is 0 Å². The standard InChI is InChI=1S/C11H16N2O4S/c1-17-11(14)9-4-2-5-10(8-9)18(15,16)13-7-3-6-12/h2,4-5,8,13H,3,6-7,12H2,1H3. The predicted octanol–water partition coefficient (Wildman–Crippen LogP) is 0.100. The molecule has 0 heterocycles. The molecule has 0 saturated carbocycles. The number of hydrogen-bond acceptors (Lipinski definition) is 5. The molecule has 0 aliphatic heterocycles. The summed E-state index contributed by atoms with van der Waals surface area (Å²) in [4.78, 5) is 11.3. The van der Waals surface area contributed by atoms with E-state index < -0.39 is 16.0 Å². The van der Waals surface area contributed by atoms with Crippen molar-refractivity contribution in [2.24, 2.45) is 5.73 Å². The minimum absolute atomic E-state index is 0.0300. The quantitative estimate of drug-likeness (QED) is 0.565. The van der Waals surface area contributed by atoms with Crippen molar-refractivity contribution in [2.45, 2.75) is 11.3 Å². The number of carbonyl (C=O) groups excluding carboxylic acids is 1. The molecule has 0 aliphatic rings. The molecule has 18 heavy (non-hydrogen) atoms. The van der Waals surface area contributed by atoms with Gasteiger partial charge in [-0.2, -0.15) is 0 Å². The molecule has 7 heteroatoms. The Morgan fingerprint density at radius 2 is 2.17 bits per heavy atom. The van der Waals surface area contributed by atoms with Gasteiger partial charge in [0.2, 0.25) is 10.0 Å². The maximum atomic E-state index is 11.9. The molecule has 0 spiro atoms. The molecule has 0 aromatic heterocycles. The summed E-state index contributed by atoms with van der Waals surface area (Å²) in [6.07, 6.45) is 0.552. The molecule has 0 atom stereocenters. The molecule has 0 saturated heterocycles. The molecule has 0 aliphatic carbocycles. The largest absolute Gasteiger partial charge is 0.465 e. The van der Waals surface area contributed by atoms with Gasteiger partial charge in [-0.05, 0) is 31.2 Å². The Hall–Kier alpha value is -1.44. The molecule has 0 fully saturated rings. The van der Waals surface area contributed by atoms with Crippen LogP contribution in [0.1, 0.15) is 16.8 Å². The van der Waals surface area contributed by atoms with Gasteiger partial charge in [0.1, 0.15) is 0 Å². The number of methoxy groups -OCH3 is 1. The van der Waals surface area contributed by atoms with Crippen LogP contribution in [0.5, 0.6) is 0 Å². The summed E-state index contributed by atoms with van der Waals surface area (Å²) in [6.45, 7) is 0.673. The highest BCUT2D eigenvalue weighted by molar-refractivity contribution is 7.89. The van der Waals surface area contributed by atoms with Gasteiger partial charge >= 0.3 is 5.97 Å². The molecule has 100 valence electrons. The number of carbonyl (C=O) groups is 1. The second-order valence-electron chi connectivity index (χ2n) is 3.56. The normalized spacial score (nSPS) is 11.2. The molecule has 0 bridgehead atoms. The van der Waals surface area contributed by atoms with Gasteiger partial charge in [-0.3, -0.25) is 0 Å². The average Bonchev–Trinajstić information content (AvgIpc) is 2.38. The number of nitrogens with one attached hydrogen (secondary N) is 1. The van der Waals surface area contributed by atoms with Gasteiger partial charge < -0.3 is 10.5 Å². The van der Waals surface area contributed by atoms with E-state index >= 15 is 0 Å². The highest BCUT2D eigenvalue weighted by atomic mass is 32.2. The molecular formula is C11H16N2O4S. The van der Waals surface area contributed by atoms with Crippen LogP contribution < -0.4 is 10.5 Å². The maximum Gasteiger partial charge on any atom is 0.337 e. The Labute approximate surface area is 106 Å². The zero-order valence-electron chi connectivity index (χ0n) is 10.0. The first-order valence-electron chi connectivity index (χ1n) is 5.39. The fraction of sp³-hybridized carbons (Fsp3) is 0.364. The number of ether oxygens (including phenoxy) is 1. The van der Waals surface area contributed by atoms with Crippen LogP contribution in [0.25, 0.3) is 0 Å². The van der Waals surface area contributed by atoms with Crippen molar-refractivity contribution in [3.63, 3.8) is 0 Å². The summed E-state index contributed by atoms with van der Waals surface area (Å²) < 4.78 is 30.7.